The lowest BCUT2D eigenvalue weighted by atomic mass is 10.0. The smallest absolute Gasteiger partial charge is 0.238 e. The number of aryl methyl sites for hydroxylation is 2. The summed E-state index contributed by atoms with van der Waals surface area (Å²) in [6.45, 7) is 4.48. The van der Waals surface area contributed by atoms with E-state index in [1.807, 2.05) is 19.9 Å². The molecular weight excluding hydrogens is 364 g/mol. The first-order chi connectivity index (χ1) is 12.7. The molecule has 1 aromatic heterocycles. The Morgan fingerprint density at radius 1 is 1.15 bits per heavy atom. The van der Waals surface area contributed by atoms with Crippen LogP contribution in [0.4, 0.5) is 0 Å². The first kappa shape index (κ1) is 19.1. The van der Waals surface area contributed by atoms with E-state index in [4.69, 9.17) is 9.56 Å². The minimum absolute atomic E-state index is 0.0766. The second-order valence-electron chi connectivity index (χ2n) is 6.68. The predicted octanol–water partition coefficient (Wildman–Crippen LogP) is 2.60. The number of hydrogen-bond acceptors (Lipinski definition) is 4. The van der Waals surface area contributed by atoms with Gasteiger partial charge in [0.25, 0.3) is 0 Å². The van der Waals surface area contributed by atoms with Crippen molar-refractivity contribution in [3.8, 4) is 0 Å². The topological polar surface area (TPSA) is 102 Å². The molecule has 3 aromatic rings. The highest BCUT2D eigenvalue weighted by molar-refractivity contribution is 7.89. The molecule has 0 saturated heterocycles. The third-order valence-corrected chi connectivity index (χ3v) is 5.36. The Labute approximate surface area is 158 Å². The third-order valence-electron chi connectivity index (χ3n) is 4.43. The van der Waals surface area contributed by atoms with Gasteiger partial charge in [0.05, 0.1) is 17.6 Å². The van der Waals surface area contributed by atoms with Crippen LogP contribution in [0.2, 0.25) is 0 Å². The molecule has 27 heavy (non-hydrogen) atoms. The zero-order valence-electron chi connectivity index (χ0n) is 15.3. The highest BCUT2D eigenvalue weighted by atomic mass is 32.2. The molecule has 0 saturated carbocycles. The Morgan fingerprint density at radius 3 is 2.52 bits per heavy atom. The van der Waals surface area contributed by atoms with Crippen LogP contribution in [-0.4, -0.2) is 20.9 Å². The molecule has 0 aliphatic carbocycles. The minimum Gasteiger partial charge on any atom is -0.464 e. The van der Waals surface area contributed by atoms with Gasteiger partial charge in [0.1, 0.15) is 5.58 Å². The van der Waals surface area contributed by atoms with Crippen molar-refractivity contribution in [2.75, 3.05) is 6.54 Å². The van der Waals surface area contributed by atoms with Gasteiger partial charge in [-0.05, 0) is 55.2 Å². The van der Waals surface area contributed by atoms with Crippen LogP contribution >= 0.6 is 0 Å². The number of sulfonamides is 1. The van der Waals surface area contributed by atoms with Crippen molar-refractivity contribution in [1.29, 1.82) is 0 Å². The van der Waals surface area contributed by atoms with Gasteiger partial charge in [-0.25, -0.2) is 13.6 Å². The monoisotopic (exact) mass is 386 g/mol. The average Bonchev–Trinajstić information content (AvgIpc) is 2.97. The summed E-state index contributed by atoms with van der Waals surface area (Å²) in [7, 11) is -3.69. The molecule has 7 heteroatoms. The summed E-state index contributed by atoms with van der Waals surface area (Å²) in [6, 6.07) is 10.4. The number of benzene rings is 2. The van der Waals surface area contributed by atoms with E-state index in [2.05, 4.69) is 11.4 Å². The van der Waals surface area contributed by atoms with Gasteiger partial charge in [-0.2, -0.15) is 0 Å². The maximum Gasteiger partial charge on any atom is 0.238 e. The molecule has 0 unspecified atom stereocenters. The van der Waals surface area contributed by atoms with Crippen LogP contribution in [0, 0.1) is 13.8 Å². The van der Waals surface area contributed by atoms with Crippen molar-refractivity contribution < 1.29 is 17.6 Å². The molecule has 0 radical (unpaired) electrons. The van der Waals surface area contributed by atoms with Crippen molar-refractivity contribution in [1.82, 2.24) is 5.32 Å². The normalized spacial score (nSPS) is 11.7. The van der Waals surface area contributed by atoms with E-state index >= 15 is 0 Å². The van der Waals surface area contributed by atoms with Crippen molar-refractivity contribution >= 4 is 26.9 Å². The first-order valence-electron chi connectivity index (χ1n) is 8.60. The number of hydrogen-bond donors (Lipinski definition) is 2. The lowest BCUT2D eigenvalue weighted by Gasteiger charge is -2.06. The zero-order valence-corrected chi connectivity index (χ0v) is 16.1. The number of fused-ring (bicyclic) bond motifs is 1. The van der Waals surface area contributed by atoms with Gasteiger partial charge in [0.15, 0.2) is 0 Å². The lowest BCUT2D eigenvalue weighted by molar-refractivity contribution is -0.120. The van der Waals surface area contributed by atoms with Crippen LogP contribution in [0.15, 0.2) is 52.0 Å². The summed E-state index contributed by atoms with van der Waals surface area (Å²) in [4.78, 5) is 12.3. The molecule has 2 aromatic carbocycles. The Balaban J connectivity index is 1.58. The first-order valence-corrected chi connectivity index (χ1v) is 10.1. The molecule has 3 rings (SSSR count). The second-order valence-corrected chi connectivity index (χ2v) is 8.24. The quantitative estimate of drug-likeness (QED) is 0.680. The summed E-state index contributed by atoms with van der Waals surface area (Å²) in [6.07, 6.45) is 2.49. The summed E-state index contributed by atoms with van der Waals surface area (Å²) in [5.74, 6) is -0.0844. The fourth-order valence-electron chi connectivity index (χ4n) is 3.18. The molecule has 0 bridgehead atoms. The summed E-state index contributed by atoms with van der Waals surface area (Å²) in [5, 5.41) is 8.96. The van der Waals surface area contributed by atoms with Gasteiger partial charge >= 0.3 is 0 Å². The number of carbonyl (C=O) groups is 1. The number of nitrogens with one attached hydrogen (secondary N) is 1. The average molecular weight is 386 g/mol. The zero-order chi connectivity index (χ0) is 19.6. The van der Waals surface area contributed by atoms with E-state index in [9.17, 15) is 13.2 Å². The molecule has 0 atom stereocenters. The number of rotatable bonds is 6. The highest BCUT2D eigenvalue weighted by Crippen LogP contribution is 2.26. The van der Waals surface area contributed by atoms with E-state index in [1.165, 1.54) is 12.1 Å². The lowest BCUT2D eigenvalue weighted by Crippen LogP contribution is -2.27. The number of primary sulfonamides is 1. The van der Waals surface area contributed by atoms with Crippen LogP contribution in [-0.2, 0) is 27.7 Å². The van der Waals surface area contributed by atoms with Crippen LogP contribution < -0.4 is 10.5 Å². The number of amides is 1. The Hall–Kier alpha value is -2.64. The Morgan fingerprint density at radius 2 is 1.85 bits per heavy atom. The largest absolute Gasteiger partial charge is 0.464 e. The molecule has 0 spiro atoms. The summed E-state index contributed by atoms with van der Waals surface area (Å²) >= 11 is 0. The van der Waals surface area contributed by atoms with E-state index in [0.717, 1.165) is 33.2 Å². The van der Waals surface area contributed by atoms with Crippen molar-refractivity contribution in [2.24, 2.45) is 5.14 Å². The number of furan rings is 1. The number of nitrogens with two attached hydrogens (primary N) is 1. The van der Waals surface area contributed by atoms with E-state index in [1.54, 1.807) is 18.4 Å². The minimum atomic E-state index is -3.69. The van der Waals surface area contributed by atoms with E-state index < -0.39 is 10.0 Å². The molecular formula is C20H22N2O4S. The Bertz CT molecular complexity index is 1080. The van der Waals surface area contributed by atoms with Gasteiger partial charge in [0, 0.05) is 17.5 Å². The van der Waals surface area contributed by atoms with Crippen LogP contribution in [0.25, 0.3) is 11.0 Å². The van der Waals surface area contributed by atoms with Gasteiger partial charge in [0.2, 0.25) is 15.9 Å². The van der Waals surface area contributed by atoms with Gasteiger partial charge in [-0.3, -0.25) is 4.79 Å². The fraction of sp³-hybridized carbons (Fsp3) is 0.250. The van der Waals surface area contributed by atoms with Crippen molar-refractivity contribution in [3.05, 3.63) is 64.9 Å². The predicted molar refractivity (Wildman–Crippen MR) is 104 cm³/mol. The maximum absolute atomic E-state index is 12.3. The van der Waals surface area contributed by atoms with Gasteiger partial charge in [-0.1, -0.05) is 18.2 Å². The Kier molecular flexibility index (Phi) is 5.34. The van der Waals surface area contributed by atoms with Crippen LogP contribution in [0.3, 0.4) is 0 Å². The van der Waals surface area contributed by atoms with Crippen LogP contribution in [0.5, 0.6) is 0 Å². The molecule has 1 heterocycles. The fourth-order valence-corrected chi connectivity index (χ4v) is 3.70. The molecule has 6 nitrogen and oxygen atoms in total. The van der Waals surface area contributed by atoms with E-state index in [-0.39, 0.29) is 17.2 Å². The standard InChI is InChI=1S/C20H22N2O4S/c1-13-9-14(2)20-16(12-26-18(20)10-13)11-19(23)22-8-7-15-3-5-17(6-4-15)27(21,24)25/h3-6,9-10,12H,7-8,11H2,1-2H3,(H,22,23)(H2,21,24,25). The second kappa shape index (κ2) is 7.54. The highest BCUT2D eigenvalue weighted by Gasteiger charge is 2.13. The molecule has 142 valence electrons. The molecule has 1 amide bonds. The summed E-state index contributed by atoms with van der Waals surface area (Å²) in [5.41, 5.74) is 4.81. The third kappa shape index (κ3) is 4.56. The molecule has 0 aliphatic rings. The van der Waals surface area contributed by atoms with Crippen LogP contribution in [0.1, 0.15) is 22.3 Å². The van der Waals surface area contributed by atoms with Crippen molar-refractivity contribution in [3.63, 3.8) is 0 Å². The summed E-state index contributed by atoms with van der Waals surface area (Å²) < 4.78 is 28.1. The SMILES string of the molecule is Cc1cc(C)c2c(CC(=O)NCCc3ccc(S(N)(=O)=O)cc3)coc2c1. The van der Waals surface area contributed by atoms with Crippen molar-refractivity contribution in [2.45, 2.75) is 31.6 Å². The maximum atomic E-state index is 12.3. The number of carbonyl (C=O) groups excluding carboxylic acids is 1. The van der Waals surface area contributed by atoms with E-state index in [0.29, 0.717) is 13.0 Å². The molecule has 3 N–H and O–H groups in total. The van der Waals surface area contributed by atoms with Gasteiger partial charge in [-0.15, -0.1) is 0 Å². The van der Waals surface area contributed by atoms with Gasteiger partial charge < -0.3 is 9.73 Å². The molecule has 0 aliphatic heterocycles. The molecule has 0 fully saturated rings.